The van der Waals surface area contributed by atoms with Gasteiger partial charge in [-0.3, -0.25) is 0 Å². The number of thioether (sulfide) groups is 1. The molecule has 0 aliphatic carbocycles. The molecule has 110 valence electrons. The highest BCUT2D eigenvalue weighted by Crippen LogP contribution is 2.33. The van der Waals surface area contributed by atoms with Gasteiger partial charge < -0.3 is 24.6 Å². The lowest BCUT2D eigenvalue weighted by atomic mass is 10.1. The number of nitrogens with zero attached hydrogens (tertiary/aromatic N) is 2. The maximum atomic E-state index is 10.1. The number of ether oxygens (including phenoxy) is 1. The number of aliphatic hydroxyl groups excluding tert-OH is 3. The summed E-state index contributed by atoms with van der Waals surface area (Å²) in [6.45, 7) is -0.350. The molecule has 1 fully saturated rings. The van der Waals surface area contributed by atoms with Crippen molar-refractivity contribution < 1.29 is 20.1 Å². The summed E-state index contributed by atoms with van der Waals surface area (Å²) in [6, 6.07) is 7.38. The molecule has 21 heavy (non-hydrogen) atoms. The van der Waals surface area contributed by atoms with Crippen molar-refractivity contribution >= 4 is 22.7 Å². The molecule has 0 bridgehead atoms. The Morgan fingerprint density at radius 1 is 1.29 bits per heavy atom. The predicted molar refractivity (Wildman–Crippen MR) is 76.4 cm³/mol. The number of fused-ring (bicyclic) bond motifs is 1. The molecule has 0 saturated carbocycles. The summed E-state index contributed by atoms with van der Waals surface area (Å²) in [5, 5.41) is 40.7. The van der Waals surface area contributed by atoms with E-state index in [1.807, 2.05) is 29.7 Å². The lowest BCUT2D eigenvalue weighted by Gasteiger charge is -2.18. The van der Waals surface area contributed by atoms with Crippen LogP contribution in [-0.2, 0) is 4.74 Å². The van der Waals surface area contributed by atoms with E-state index in [9.17, 15) is 10.2 Å². The third-order valence-corrected chi connectivity index (χ3v) is 4.23. The fourth-order valence-electron chi connectivity index (χ4n) is 2.59. The van der Waals surface area contributed by atoms with E-state index >= 15 is 0 Å². The van der Waals surface area contributed by atoms with Crippen LogP contribution in [0.1, 0.15) is 6.23 Å². The Morgan fingerprint density at radius 3 is 2.76 bits per heavy atom. The van der Waals surface area contributed by atoms with E-state index in [4.69, 9.17) is 15.1 Å². The van der Waals surface area contributed by atoms with Crippen LogP contribution in [-0.4, -0.2) is 44.8 Å². The smallest absolute Gasteiger partial charge is 0.163 e. The van der Waals surface area contributed by atoms with Gasteiger partial charge in [-0.2, -0.15) is 5.26 Å². The molecule has 1 aliphatic rings. The van der Waals surface area contributed by atoms with Gasteiger partial charge in [-0.25, -0.2) is 0 Å². The van der Waals surface area contributed by atoms with E-state index < -0.39 is 24.5 Å². The van der Waals surface area contributed by atoms with Gasteiger partial charge in [0.2, 0.25) is 0 Å². The summed E-state index contributed by atoms with van der Waals surface area (Å²) >= 11 is 1.08. The van der Waals surface area contributed by atoms with Crippen molar-refractivity contribution in [1.82, 2.24) is 4.57 Å². The molecule has 0 radical (unpaired) electrons. The number of thiocyanates is 1. The van der Waals surface area contributed by atoms with E-state index in [1.165, 1.54) is 0 Å². The third kappa shape index (κ3) is 2.41. The quantitative estimate of drug-likeness (QED) is 0.574. The van der Waals surface area contributed by atoms with Crippen molar-refractivity contribution in [2.24, 2.45) is 0 Å². The molecule has 1 saturated heterocycles. The Morgan fingerprint density at radius 2 is 2.10 bits per heavy atom. The SMILES string of the molecule is N#CSc1ccc2c(ccn2[C@@H]2O[C@@H](CO)[C@H](O)[C@H]2O)c1. The van der Waals surface area contributed by atoms with Crippen LogP contribution in [0.2, 0.25) is 0 Å². The molecular formula is C14H14N2O4S. The zero-order chi connectivity index (χ0) is 15.0. The first-order valence-corrected chi connectivity index (χ1v) is 7.26. The Hall–Kier alpha value is -1.56. The first kappa shape index (κ1) is 14.4. The molecule has 2 aromatic rings. The lowest BCUT2D eigenvalue weighted by molar-refractivity contribution is -0.0506. The van der Waals surface area contributed by atoms with Crippen molar-refractivity contribution in [1.29, 1.82) is 5.26 Å². The summed E-state index contributed by atoms with van der Waals surface area (Å²) in [5.74, 6) is 0. The summed E-state index contributed by atoms with van der Waals surface area (Å²) in [7, 11) is 0. The molecule has 1 aromatic carbocycles. The zero-order valence-electron chi connectivity index (χ0n) is 11.0. The third-order valence-electron chi connectivity index (χ3n) is 3.65. The molecule has 6 nitrogen and oxygen atoms in total. The topological polar surface area (TPSA) is 98.6 Å². The molecule has 3 rings (SSSR count). The van der Waals surface area contributed by atoms with Crippen LogP contribution < -0.4 is 0 Å². The number of rotatable bonds is 3. The highest BCUT2D eigenvalue weighted by atomic mass is 32.2. The fourth-order valence-corrected chi connectivity index (χ4v) is 3.02. The predicted octanol–water partition coefficient (Wildman–Crippen LogP) is 0.826. The summed E-state index contributed by atoms with van der Waals surface area (Å²) in [6.07, 6.45) is -2.01. The molecule has 3 N–H and O–H groups in total. The highest BCUT2D eigenvalue weighted by molar-refractivity contribution is 8.03. The van der Waals surface area contributed by atoms with Crippen molar-refractivity contribution in [3.63, 3.8) is 0 Å². The lowest BCUT2D eigenvalue weighted by Crippen LogP contribution is -2.33. The molecule has 0 unspecified atom stereocenters. The number of aromatic nitrogens is 1. The minimum Gasteiger partial charge on any atom is -0.394 e. The van der Waals surface area contributed by atoms with E-state index in [0.717, 1.165) is 27.6 Å². The van der Waals surface area contributed by atoms with Gasteiger partial charge in [0.15, 0.2) is 6.23 Å². The average Bonchev–Trinajstić information content (AvgIpc) is 3.02. The Kier molecular flexibility index (Phi) is 3.89. The number of nitriles is 1. The molecule has 0 spiro atoms. The number of hydrogen-bond donors (Lipinski definition) is 3. The molecule has 1 aromatic heterocycles. The average molecular weight is 306 g/mol. The van der Waals surface area contributed by atoms with Crippen LogP contribution >= 0.6 is 11.8 Å². The monoisotopic (exact) mass is 306 g/mol. The van der Waals surface area contributed by atoms with Crippen LogP contribution in [0.4, 0.5) is 0 Å². The number of hydrogen-bond acceptors (Lipinski definition) is 6. The molecule has 7 heteroatoms. The Balaban J connectivity index is 1.96. The highest BCUT2D eigenvalue weighted by Gasteiger charge is 2.43. The van der Waals surface area contributed by atoms with Gasteiger partial charge in [0.25, 0.3) is 0 Å². The standard InChI is InChI=1S/C14H14N2O4S/c15-7-21-9-1-2-10-8(5-9)3-4-16(10)14-13(19)12(18)11(6-17)20-14/h1-5,11-14,17-19H,6H2/t11-,12-,13+,14+/m0/s1. The van der Waals surface area contributed by atoms with Gasteiger partial charge in [0, 0.05) is 16.5 Å². The normalized spacial score (nSPS) is 28.9. The second-order valence-corrected chi connectivity index (χ2v) is 5.72. The van der Waals surface area contributed by atoms with Crippen LogP contribution in [0.25, 0.3) is 10.9 Å². The minimum atomic E-state index is -1.12. The van der Waals surface area contributed by atoms with E-state index in [0.29, 0.717) is 0 Å². The number of benzene rings is 1. The summed E-state index contributed by atoms with van der Waals surface area (Å²) < 4.78 is 7.24. The van der Waals surface area contributed by atoms with Gasteiger partial charge in [-0.05, 0) is 36.0 Å². The molecule has 2 heterocycles. The zero-order valence-corrected chi connectivity index (χ0v) is 11.8. The van der Waals surface area contributed by atoms with Gasteiger partial charge >= 0.3 is 0 Å². The van der Waals surface area contributed by atoms with Crippen molar-refractivity contribution in [2.45, 2.75) is 29.4 Å². The van der Waals surface area contributed by atoms with Crippen LogP contribution in [0.3, 0.4) is 0 Å². The summed E-state index contributed by atoms with van der Waals surface area (Å²) in [5.41, 5.74) is 0.826. The van der Waals surface area contributed by atoms with Crippen LogP contribution in [0.5, 0.6) is 0 Å². The van der Waals surface area contributed by atoms with Gasteiger partial charge in [0.1, 0.15) is 23.7 Å². The first-order chi connectivity index (χ1) is 10.2. The second-order valence-electron chi connectivity index (χ2n) is 4.87. The molecular weight excluding hydrogens is 292 g/mol. The number of aliphatic hydroxyl groups is 3. The van der Waals surface area contributed by atoms with Gasteiger partial charge in [0.05, 0.1) is 12.1 Å². The van der Waals surface area contributed by atoms with Crippen LogP contribution in [0, 0.1) is 10.7 Å². The summed E-state index contributed by atoms with van der Waals surface area (Å²) in [4.78, 5) is 0.837. The Labute approximate surface area is 125 Å². The second kappa shape index (κ2) is 5.67. The van der Waals surface area contributed by atoms with Crippen molar-refractivity contribution in [3.05, 3.63) is 30.5 Å². The van der Waals surface area contributed by atoms with Gasteiger partial charge in [-0.15, -0.1) is 0 Å². The minimum absolute atomic E-state index is 0.350. The van der Waals surface area contributed by atoms with E-state index in [-0.39, 0.29) is 6.61 Å². The molecule has 4 atom stereocenters. The first-order valence-electron chi connectivity index (χ1n) is 6.44. The van der Waals surface area contributed by atoms with Gasteiger partial charge in [-0.1, -0.05) is 0 Å². The maximum Gasteiger partial charge on any atom is 0.163 e. The van der Waals surface area contributed by atoms with E-state index in [1.54, 1.807) is 10.8 Å². The van der Waals surface area contributed by atoms with Crippen molar-refractivity contribution in [3.8, 4) is 5.40 Å². The van der Waals surface area contributed by atoms with E-state index in [2.05, 4.69) is 0 Å². The largest absolute Gasteiger partial charge is 0.394 e. The maximum absolute atomic E-state index is 10.1. The Bertz CT molecular complexity index is 696. The molecule has 0 amide bonds. The molecule has 1 aliphatic heterocycles. The van der Waals surface area contributed by atoms with Crippen LogP contribution in [0.15, 0.2) is 35.4 Å². The fraction of sp³-hybridized carbons (Fsp3) is 0.357. The van der Waals surface area contributed by atoms with Crippen molar-refractivity contribution in [2.75, 3.05) is 6.61 Å².